The van der Waals surface area contributed by atoms with Crippen LogP contribution < -0.4 is 4.74 Å². The normalized spacial score (nSPS) is 10.8. The van der Waals surface area contributed by atoms with Gasteiger partial charge in [-0.1, -0.05) is 24.4 Å². The zero-order chi connectivity index (χ0) is 15.1. The molecule has 1 N–H and O–H groups in total. The lowest BCUT2D eigenvalue weighted by atomic mass is 10.00. The maximum Gasteiger partial charge on any atom is 0.122 e. The van der Waals surface area contributed by atoms with Crippen molar-refractivity contribution in [1.82, 2.24) is 9.97 Å². The van der Waals surface area contributed by atoms with Gasteiger partial charge in [-0.25, -0.2) is 4.98 Å². The number of imidazole rings is 1. The number of benzene rings is 1. The van der Waals surface area contributed by atoms with E-state index in [2.05, 4.69) is 16.9 Å². The number of hydrogen-bond acceptors (Lipinski definition) is 2. The van der Waals surface area contributed by atoms with Crippen molar-refractivity contribution in [3.05, 3.63) is 46.5 Å². The van der Waals surface area contributed by atoms with E-state index in [0.717, 1.165) is 41.4 Å². The van der Waals surface area contributed by atoms with Crippen LogP contribution in [0.25, 0.3) is 0 Å². The van der Waals surface area contributed by atoms with Crippen LogP contribution in [0, 0.1) is 6.92 Å². The van der Waals surface area contributed by atoms with E-state index in [0.29, 0.717) is 0 Å². The molecule has 1 aromatic heterocycles. The zero-order valence-corrected chi connectivity index (χ0v) is 13.5. The lowest BCUT2D eigenvalue weighted by Crippen LogP contribution is -1.97. The molecule has 114 valence electrons. The van der Waals surface area contributed by atoms with Crippen LogP contribution in [0.1, 0.15) is 42.6 Å². The Balaban J connectivity index is 1.74. The highest BCUT2D eigenvalue weighted by atomic mass is 35.5. The molecule has 0 bridgehead atoms. The number of aromatic nitrogens is 2. The van der Waals surface area contributed by atoms with Gasteiger partial charge >= 0.3 is 0 Å². The number of aryl methyl sites for hydroxylation is 1. The summed E-state index contributed by atoms with van der Waals surface area (Å²) in [6, 6.07) is 3.87. The summed E-state index contributed by atoms with van der Waals surface area (Å²) in [5, 5.41) is 0.823. The van der Waals surface area contributed by atoms with Gasteiger partial charge in [0.25, 0.3) is 0 Å². The standard InChI is InChI=1S/C17H23ClN2O/c1-13-14(16(21-2)10-9-15(13)18)7-5-3-4-6-8-17-19-11-12-20-17/h9-12H,3-8H2,1-2H3,(H,19,20). The van der Waals surface area contributed by atoms with Crippen LogP contribution in [0.4, 0.5) is 0 Å². The van der Waals surface area contributed by atoms with Crippen molar-refractivity contribution in [1.29, 1.82) is 0 Å². The number of H-pyrrole nitrogens is 1. The number of methoxy groups -OCH3 is 1. The molecule has 0 amide bonds. The molecule has 2 rings (SSSR count). The molecule has 0 saturated heterocycles. The van der Waals surface area contributed by atoms with Gasteiger partial charge in [-0.05, 0) is 49.4 Å². The summed E-state index contributed by atoms with van der Waals surface area (Å²) in [4.78, 5) is 7.38. The molecule has 4 heteroatoms. The predicted octanol–water partition coefficient (Wildman–Crippen LogP) is 4.73. The van der Waals surface area contributed by atoms with Crippen LogP contribution in [0.15, 0.2) is 24.5 Å². The molecule has 0 atom stereocenters. The lowest BCUT2D eigenvalue weighted by molar-refractivity contribution is 0.408. The first-order valence-electron chi connectivity index (χ1n) is 7.52. The number of halogens is 1. The molecular weight excluding hydrogens is 284 g/mol. The molecule has 0 radical (unpaired) electrons. The summed E-state index contributed by atoms with van der Waals surface area (Å²) < 4.78 is 5.44. The minimum Gasteiger partial charge on any atom is -0.496 e. The Kier molecular flexibility index (Phi) is 6.12. The van der Waals surface area contributed by atoms with Gasteiger partial charge in [0, 0.05) is 23.8 Å². The number of ether oxygens (including phenoxy) is 1. The van der Waals surface area contributed by atoms with Gasteiger partial charge in [0.15, 0.2) is 0 Å². The smallest absolute Gasteiger partial charge is 0.122 e. The van der Waals surface area contributed by atoms with E-state index in [1.165, 1.54) is 24.8 Å². The number of nitrogens with zero attached hydrogens (tertiary/aromatic N) is 1. The first kappa shape index (κ1) is 15.9. The molecule has 0 spiro atoms. The van der Waals surface area contributed by atoms with Gasteiger partial charge in [-0.2, -0.15) is 0 Å². The van der Waals surface area contributed by atoms with Crippen LogP contribution in [-0.2, 0) is 12.8 Å². The fourth-order valence-electron chi connectivity index (χ4n) is 2.59. The van der Waals surface area contributed by atoms with E-state index in [-0.39, 0.29) is 0 Å². The van der Waals surface area contributed by atoms with Crippen molar-refractivity contribution in [2.75, 3.05) is 7.11 Å². The van der Waals surface area contributed by atoms with Gasteiger partial charge in [0.2, 0.25) is 0 Å². The van der Waals surface area contributed by atoms with Gasteiger partial charge in [-0.3, -0.25) is 0 Å². The van der Waals surface area contributed by atoms with E-state index >= 15 is 0 Å². The van der Waals surface area contributed by atoms with Crippen LogP contribution in [-0.4, -0.2) is 17.1 Å². The monoisotopic (exact) mass is 306 g/mol. The summed E-state index contributed by atoms with van der Waals surface area (Å²) in [7, 11) is 1.72. The van der Waals surface area contributed by atoms with Gasteiger partial charge in [-0.15, -0.1) is 0 Å². The van der Waals surface area contributed by atoms with Crippen molar-refractivity contribution >= 4 is 11.6 Å². The number of nitrogens with one attached hydrogen (secondary N) is 1. The quantitative estimate of drug-likeness (QED) is 0.716. The van der Waals surface area contributed by atoms with Crippen LogP contribution in [0.3, 0.4) is 0 Å². The van der Waals surface area contributed by atoms with Crippen molar-refractivity contribution in [2.24, 2.45) is 0 Å². The molecule has 21 heavy (non-hydrogen) atoms. The summed E-state index contributed by atoms with van der Waals surface area (Å²) in [5.74, 6) is 2.04. The molecule has 0 fully saturated rings. The first-order valence-corrected chi connectivity index (χ1v) is 7.90. The third-order valence-electron chi connectivity index (χ3n) is 3.85. The number of unbranched alkanes of at least 4 members (excludes halogenated alkanes) is 3. The maximum atomic E-state index is 6.20. The number of aromatic amines is 1. The Labute approximate surface area is 131 Å². The van der Waals surface area contributed by atoms with Crippen molar-refractivity contribution in [2.45, 2.75) is 45.4 Å². The van der Waals surface area contributed by atoms with E-state index in [1.54, 1.807) is 7.11 Å². The Morgan fingerprint density at radius 3 is 2.57 bits per heavy atom. The fourth-order valence-corrected chi connectivity index (χ4v) is 2.76. The van der Waals surface area contributed by atoms with Crippen LogP contribution in [0.5, 0.6) is 5.75 Å². The molecular formula is C17H23ClN2O. The summed E-state index contributed by atoms with van der Waals surface area (Å²) in [6.45, 7) is 2.07. The molecule has 0 saturated carbocycles. The van der Waals surface area contributed by atoms with Gasteiger partial charge in [0.05, 0.1) is 7.11 Å². The molecule has 0 aliphatic rings. The molecule has 1 aromatic carbocycles. The minimum absolute atomic E-state index is 0.823. The maximum absolute atomic E-state index is 6.20. The highest BCUT2D eigenvalue weighted by Crippen LogP contribution is 2.29. The second-order valence-corrected chi connectivity index (χ2v) is 5.71. The molecule has 2 aromatic rings. The van der Waals surface area contributed by atoms with E-state index in [4.69, 9.17) is 16.3 Å². The average Bonchev–Trinajstić information content (AvgIpc) is 3.00. The minimum atomic E-state index is 0.823. The third-order valence-corrected chi connectivity index (χ3v) is 4.26. The van der Waals surface area contributed by atoms with Crippen molar-refractivity contribution in [3.63, 3.8) is 0 Å². The summed E-state index contributed by atoms with van der Waals surface area (Å²) in [5.41, 5.74) is 2.39. The Bertz CT molecular complexity index is 552. The average molecular weight is 307 g/mol. The lowest BCUT2D eigenvalue weighted by Gasteiger charge is -2.12. The Morgan fingerprint density at radius 1 is 1.14 bits per heavy atom. The van der Waals surface area contributed by atoms with E-state index in [9.17, 15) is 0 Å². The SMILES string of the molecule is COc1ccc(Cl)c(C)c1CCCCCCc1ncc[nH]1. The second-order valence-electron chi connectivity index (χ2n) is 5.30. The first-order chi connectivity index (χ1) is 10.2. The Morgan fingerprint density at radius 2 is 1.90 bits per heavy atom. The topological polar surface area (TPSA) is 37.9 Å². The van der Waals surface area contributed by atoms with Crippen LogP contribution >= 0.6 is 11.6 Å². The highest BCUT2D eigenvalue weighted by molar-refractivity contribution is 6.31. The second kappa shape index (κ2) is 8.08. The third kappa shape index (κ3) is 4.50. The number of rotatable bonds is 8. The fraction of sp³-hybridized carbons (Fsp3) is 0.471. The molecule has 0 aliphatic heterocycles. The highest BCUT2D eigenvalue weighted by Gasteiger charge is 2.09. The molecule has 3 nitrogen and oxygen atoms in total. The molecule has 0 aliphatic carbocycles. The van der Waals surface area contributed by atoms with Gasteiger partial charge < -0.3 is 9.72 Å². The summed E-state index contributed by atoms with van der Waals surface area (Å²) >= 11 is 6.20. The van der Waals surface area contributed by atoms with E-state index in [1.807, 2.05) is 24.5 Å². The largest absolute Gasteiger partial charge is 0.496 e. The van der Waals surface area contributed by atoms with Gasteiger partial charge in [0.1, 0.15) is 11.6 Å². The number of hydrogen-bond donors (Lipinski definition) is 1. The summed E-state index contributed by atoms with van der Waals surface area (Å²) in [6.07, 6.45) is 10.5. The zero-order valence-electron chi connectivity index (χ0n) is 12.8. The molecule has 1 heterocycles. The molecule has 0 unspecified atom stereocenters. The van der Waals surface area contributed by atoms with E-state index < -0.39 is 0 Å². The Hall–Kier alpha value is -1.48. The van der Waals surface area contributed by atoms with Crippen LogP contribution in [0.2, 0.25) is 5.02 Å². The van der Waals surface area contributed by atoms with Crippen molar-refractivity contribution < 1.29 is 4.74 Å². The predicted molar refractivity (Wildman–Crippen MR) is 87.2 cm³/mol. The van der Waals surface area contributed by atoms with Crippen molar-refractivity contribution in [3.8, 4) is 5.75 Å².